The van der Waals surface area contributed by atoms with Crippen molar-refractivity contribution in [3.63, 3.8) is 0 Å². The molecule has 4 nitrogen and oxygen atoms in total. The van der Waals surface area contributed by atoms with E-state index < -0.39 is 0 Å². The molecule has 0 spiro atoms. The minimum atomic E-state index is -0.123. The molecule has 1 atom stereocenters. The molecule has 0 fully saturated rings. The molecule has 0 aliphatic heterocycles. The van der Waals surface area contributed by atoms with E-state index in [4.69, 9.17) is 23.2 Å². The van der Waals surface area contributed by atoms with Gasteiger partial charge in [-0.05, 0) is 35.9 Å². The van der Waals surface area contributed by atoms with E-state index in [9.17, 15) is 0 Å². The second-order valence-electron chi connectivity index (χ2n) is 6.00. The number of aromatic nitrogens is 3. The second kappa shape index (κ2) is 7.36. The van der Waals surface area contributed by atoms with Gasteiger partial charge in [0.1, 0.15) is 11.7 Å². The van der Waals surface area contributed by atoms with E-state index in [1.165, 1.54) is 5.56 Å². The number of rotatable bonds is 5. The summed E-state index contributed by atoms with van der Waals surface area (Å²) < 4.78 is 1.91. The fourth-order valence-corrected chi connectivity index (χ4v) is 3.23. The highest BCUT2D eigenvalue weighted by Gasteiger charge is 2.17. The fraction of sp³-hybridized carbons (Fsp3) is 0.100. The second-order valence-corrected chi connectivity index (χ2v) is 6.82. The minimum absolute atomic E-state index is 0.123. The van der Waals surface area contributed by atoms with Crippen LogP contribution in [0.1, 0.15) is 11.7 Å². The van der Waals surface area contributed by atoms with Crippen LogP contribution in [0, 0.1) is 0 Å². The number of halogens is 2. The average molecular weight is 383 g/mol. The van der Waals surface area contributed by atoms with E-state index in [0.717, 1.165) is 23.1 Å². The number of para-hydroxylation sites is 1. The maximum absolute atomic E-state index is 6.17. The molecule has 4 rings (SSSR count). The third kappa shape index (κ3) is 3.52. The Morgan fingerprint density at radius 2 is 1.65 bits per heavy atom. The number of hydrogen-bond donors (Lipinski definition) is 1. The number of anilines is 1. The van der Waals surface area contributed by atoms with Crippen LogP contribution in [0.3, 0.4) is 0 Å². The van der Waals surface area contributed by atoms with Crippen LogP contribution in [0.15, 0.2) is 72.8 Å². The van der Waals surface area contributed by atoms with E-state index >= 15 is 0 Å². The summed E-state index contributed by atoms with van der Waals surface area (Å²) in [5.41, 5.74) is 3.91. The fourth-order valence-electron chi connectivity index (χ4n) is 2.93. The largest absolute Gasteiger partial charge is 0.363 e. The zero-order valence-electron chi connectivity index (χ0n) is 13.8. The molecule has 1 aromatic heterocycles. The smallest absolute Gasteiger partial charge is 0.127 e. The van der Waals surface area contributed by atoms with Crippen LogP contribution in [0.4, 0.5) is 5.69 Å². The van der Waals surface area contributed by atoms with E-state index in [-0.39, 0.29) is 6.17 Å². The lowest BCUT2D eigenvalue weighted by Crippen LogP contribution is -2.22. The molecule has 6 heteroatoms. The van der Waals surface area contributed by atoms with Crippen LogP contribution in [0.25, 0.3) is 11.0 Å². The van der Waals surface area contributed by atoms with Crippen molar-refractivity contribution < 1.29 is 0 Å². The summed E-state index contributed by atoms with van der Waals surface area (Å²) in [7, 11) is 0. The van der Waals surface area contributed by atoms with Crippen LogP contribution in [-0.4, -0.2) is 15.0 Å². The molecular weight excluding hydrogens is 367 g/mol. The summed E-state index contributed by atoms with van der Waals surface area (Å²) >= 11 is 12.2. The number of benzene rings is 3. The van der Waals surface area contributed by atoms with Gasteiger partial charge in [0.25, 0.3) is 0 Å². The average Bonchev–Trinajstić information content (AvgIpc) is 3.09. The third-order valence-electron chi connectivity index (χ3n) is 4.20. The van der Waals surface area contributed by atoms with Gasteiger partial charge in [-0.1, -0.05) is 70.9 Å². The summed E-state index contributed by atoms with van der Waals surface area (Å²) in [6, 6.07) is 23.7. The molecule has 1 heterocycles. The molecule has 130 valence electrons. The first-order chi connectivity index (χ1) is 12.7. The summed E-state index contributed by atoms with van der Waals surface area (Å²) in [6.45, 7) is 0. The van der Waals surface area contributed by atoms with Crippen LogP contribution in [0.2, 0.25) is 10.0 Å². The zero-order valence-corrected chi connectivity index (χ0v) is 15.3. The molecule has 0 radical (unpaired) electrons. The van der Waals surface area contributed by atoms with Crippen molar-refractivity contribution in [2.45, 2.75) is 12.6 Å². The SMILES string of the molecule is Clc1ccc(NC(Cc2ccccc2)n2nnc3ccccc32)cc1Cl. The summed E-state index contributed by atoms with van der Waals surface area (Å²) in [6.07, 6.45) is 0.621. The van der Waals surface area contributed by atoms with Gasteiger partial charge in [-0.2, -0.15) is 0 Å². The zero-order chi connectivity index (χ0) is 17.9. The van der Waals surface area contributed by atoms with Gasteiger partial charge < -0.3 is 5.32 Å². The lowest BCUT2D eigenvalue weighted by Gasteiger charge is -2.21. The van der Waals surface area contributed by atoms with Crippen molar-refractivity contribution in [1.82, 2.24) is 15.0 Å². The maximum Gasteiger partial charge on any atom is 0.127 e. The maximum atomic E-state index is 6.17. The first kappa shape index (κ1) is 16.9. The topological polar surface area (TPSA) is 42.7 Å². The number of hydrogen-bond acceptors (Lipinski definition) is 3. The molecule has 0 saturated carbocycles. The molecule has 0 aliphatic carbocycles. The Balaban J connectivity index is 1.72. The van der Waals surface area contributed by atoms with Crippen LogP contribution < -0.4 is 5.32 Å². The van der Waals surface area contributed by atoms with Crippen molar-refractivity contribution in [3.8, 4) is 0 Å². The predicted octanol–water partition coefficient (Wildman–Crippen LogP) is 5.59. The van der Waals surface area contributed by atoms with Crippen LogP contribution in [0.5, 0.6) is 0 Å². The van der Waals surface area contributed by atoms with E-state index in [1.54, 1.807) is 6.07 Å². The molecule has 0 aliphatic rings. The molecule has 0 bridgehead atoms. The molecule has 4 aromatic rings. The highest BCUT2D eigenvalue weighted by molar-refractivity contribution is 6.42. The van der Waals surface area contributed by atoms with Gasteiger partial charge in [-0.15, -0.1) is 5.10 Å². The van der Waals surface area contributed by atoms with E-state index in [0.29, 0.717) is 10.0 Å². The molecule has 26 heavy (non-hydrogen) atoms. The molecule has 0 saturated heterocycles. The summed E-state index contributed by atoms with van der Waals surface area (Å²) in [5.74, 6) is 0. The standard InChI is InChI=1S/C20H16Cl2N4/c21-16-11-10-15(13-17(16)22)23-20(12-14-6-2-1-3-7-14)26-19-9-5-4-8-18(19)24-25-26/h1-11,13,20,23H,12H2. The van der Waals surface area contributed by atoms with Crippen molar-refractivity contribution in [3.05, 3.63) is 88.4 Å². The van der Waals surface area contributed by atoms with E-state index in [1.807, 2.05) is 59.3 Å². The van der Waals surface area contributed by atoms with Gasteiger partial charge >= 0.3 is 0 Å². The number of fused-ring (bicyclic) bond motifs is 1. The van der Waals surface area contributed by atoms with Gasteiger partial charge in [0, 0.05) is 12.1 Å². The van der Waals surface area contributed by atoms with Crippen molar-refractivity contribution in [2.75, 3.05) is 5.32 Å². The first-order valence-electron chi connectivity index (χ1n) is 8.26. The Morgan fingerprint density at radius 3 is 2.46 bits per heavy atom. The van der Waals surface area contributed by atoms with Crippen molar-refractivity contribution in [1.29, 1.82) is 0 Å². The lowest BCUT2D eigenvalue weighted by molar-refractivity contribution is 0.500. The highest BCUT2D eigenvalue weighted by atomic mass is 35.5. The highest BCUT2D eigenvalue weighted by Crippen LogP contribution is 2.28. The normalized spacial score (nSPS) is 12.2. The monoisotopic (exact) mass is 382 g/mol. The Labute approximate surface area is 161 Å². The minimum Gasteiger partial charge on any atom is -0.363 e. The number of nitrogens with one attached hydrogen (secondary N) is 1. The Bertz CT molecular complexity index is 1030. The van der Waals surface area contributed by atoms with Gasteiger partial charge in [-0.25, -0.2) is 4.68 Å². The molecule has 3 aromatic carbocycles. The Hall–Kier alpha value is -2.56. The lowest BCUT2D eigenvalue weighted by atomic mass is 10.1. The van der Waals surface area contributed by atoms with Crippen molar-refractivity contribution >= 4 is 39.9 Å². The molecule has 0 amide bonds. The Kier molecular flexibility index (Phi) is 4.78. The Morgan fingerprint density at radius 1 is 0.885 bits per heavy atom. The van der Waals surface area contributed by atoms with Crippen LogP contribution >= 0.6 is 23.2 Å². The number of nitrogens with zero attached hydrogens (tertiary/aromatic N) is 3. The quantitative estimate of drug-likeness (QED) is 0.488. The predicted molar refractivity (Wildman–Crippen MR) is 107 cm³/mol. The molecular formula is C20H16Cl2N4. The van der Waals surface area contributed by atoms with Gasteiger partial charge in [0.15, 0.2) is 0 Å². The van der Waals surface area contributed by atoms with Crippen molar-refractivity contribution in [2.24, 2.45) is 0 Å². The van der Waals surface area contributed by atoms with Crippen LogP contribution in [-0.2, 0) is 6.42 Å². The van der Waals surface area contributed by atoms with Gasteiger partial charge in [-0.3, -0.25) is 0 Å². The summed E-state index contributed by atoms with van der Waals surface area (Å²) in [5, 5.41) is 13.2. The molecule has 1 unspecified atom stereocenters. The van der Waals surface area contributed by atoms with Gasteiger partial charge in [0.2, 0.25) is 0 Å². The first-order valence-corrected chi connectivity index (χ1v) is 9.02. The molecule has 1 N–H and O–H groups in total. The summed E-state index contributed by atoms with van der Waals surface area (Å²) in [4.78, 5) is 0. The van der Waals surface area contributed by atoms with Gasteiger partial charge in [0.05, 0.1) is 15.6 Å². The third-order valence-corrected chi connectivity index (χ3v) is 4.94. The van der Waals surface area contributed by atoms with E-state index in [2.05, 4.69) is 27.8 Å².